The lowest BCUT2D eigenvalue weighted by Crippen LogP contribution is -2.46. The number of aliphatic hydroxyl groups excluding tert-OH is 2. The number of hydrogen-bond donors (Lipinski definition) is 6. The van der Waals surface area contributed by atoms with Crippen LogP contribution in [0, 0.1) is 30.6 Å². The van der Waals surface area contributed by atoms with Crippen LogP contribution >= 0.6 is 0 Å². The number of anilines is 1. The Morgan fingerprint density at radius 1 is 0.889 bits per heavy atom. The number of allylic oxidation sites excluding steroid dienone is 2. The predicted octanol–water partition coefficient (Wildman–Crippen LogP) is 8.25. The summed E-state index contributed by atoms with van der Waals surface area (Å²) in [5, 5.41) is 64.5. The molecule has 0 aliphatic carbocycles. The molecule has 0 fully saturated rings. The third-order valence-electron chi connectivity index (χ3n) is 12.4. The largest absolute Gasteiger partial charge is 0.507 e. The normalized spacial score (nSPS) is 27.1. The van der Waals surface area contributed by atoms with Crippen LogP contribution in [-0.2, 0) is 28.6 Å². The molecular weight excluding hydrogens is 813 g/mol. The zero-order valence-corrected chi connectivity index (χ0v) is 38.4. The van der Waals surface area contributed by atoms with Crippen LogP contribution in [0.1, 0.15) is 128 Å². The number of rotatable bonds is 13. The molecule has 15 nitrogen and oxygen atoms in total. The van der Waals surface area contributed by atoms with Gasteiger partial charge in [-0.3, -0.25) is 14.4 Å². The Hall–Kier alpha value is -5.12. The molecule has 0 aromatic heterocycles. The SMILES string of the molecule is CCCCCCCCCCON=Cc1c2c(O)c3c(O)c(C)c4c(c3c1O)C(=O)[C@@](C)(OC=C[C@H](OC)[C@H](C)[C@H](OC(C)=O)[C@H](C)[C@H](O)[C@H](C)[C@H](O)[C@H](C)C=CC=C(C)C(=O)N2)O4. The average molecular weight is 881 g/mol. The highest BCUT2D eigenvalue weighted by Crippen LogP contribution is 2.55. The van der Waals surface area contributed by atoms with E-state index < -0.39 is 88.8 Å². The van der Waals surface area contributed by atoms with E-state index in [9.17, 15) is 39.9 Å². The van der Waals surface area contributed by atoms with Crippen LogP contribution < -0.4 is 10.1 Å². The van der Waals surface area contributed by atoms with E-state index in [0.717, 1.165) is 31.9 Å². The molecule has 9 atom stereocenters. The minimum atomic E-state index is -2.06. The number of nitrogens with one attached hydrogen (secondary N) is 1. The molecule has 15 heteroatoms. The van der Waals surface area contributed by atoms with Crippen molar-refractivity contribution in [2.45, 2.75) is 144 Å². The number of amides is 1. The van der Waals surface area contributed by atoms with Crippen molar-refractivity contribution in [3.63, 3.8) is 0 Å². The number of esters is 1. The molecule has 0 spiro atoms. The molecule has 0 radical (unpaired) electrons. The van der Waals surface area contributed by atoms with Gasteiger partial charge in [0.15, 0.2) is 5.75 Å². The third-order valence-corrected chi connectivity index (χ3v) is 12.4. The first kappa shape index (κ1) is 50.5. The topological polar surface area (TPSA) is 223 Å². The van der Waals surface area contributed by atoms with Crippen molar-refractivity contribution in [3.05, 3.63) is 52.8 Å². The van der Waals surface area contributed by atoms with Gasteiger partial charge in [-0.15, -0.1) is 0 Å². The number of hydrogen-bond acceptors (Lipinski definition) is 14. The fourth-order valence-electron chi connectivity index (χ4n) is 8.32. The first-order chi connectivity index (χ1) is 29.8. The van der Waals surface area contributed by atoms with E-state index in [1.807, 2.05) is 0 Å². The maximum absolute atomic E-state index is 14.4. The lowest BCUT2D eigenvalue weighted by Gasteiger charge is -2.38. The summed E-state index contributed by atoms with van der Waals surface area (Å²) in [5.41, 5.74) is -0.533. The van der Waals surface area contributed by atoms with Gasteiger partial charge >= 0.3 is 11.8 Å². The molecule has 2 aromatic carbocycles. The van der Waals surface area contributed by atoms with Crippen molar-refractivity contribution in [2.24, 2.45) is 28.8 Å². The Balaban J connectivity index is 1.85. The van der Waals surface area contributed by atoms with Gasteiger partial charge in [-0.1, -0.05) is 96.5 Å². The van der Waals surface area contributed by atoms with E-state index in [2.05, 4.69) is 17.4 Å². The van der Waals surface area contributed by atoms with Gasteiger partial charge in [0.2, 0.25) is 0 Å². The number of phenolic OH excluding ortho intramolecular Hbond substituents is 3. The summed E-state index contributed by atoms with van der Waals surface area (Å²) < 4.78 is 23.6. The maximum atomic E-state index is 14.4. The molecule has 3 heterocycles. The minimum Gasteiger partial charge on any atom is -0.507 e. The van der Waals surface area contributed by atoms with Crippen LogP contribution in [0.25, 0.3) is 10.8 Å². The van der Waals surface area contributed by atoms with Crippen LogP contribution in [0.2, 0.25) is 0 Å². The van der Waals surface area contributed by atoms with E-state index in [1.165, 1.54) is 78.9 Å². The van der Waals surface area contributed by atoms with E-state index in [1.54, 1.807) is 39.8 Å². The number of ether oxygens (including phenoxy) is 4. The number of aliphatic hydroxyl groups is 2. The summed E-state index contributed by atoms with van der Waals surface area (Å²) in [7, 11) is 1.43. The van der Waals surface area contributed by atoms with Gasteiger partial charge < -0.3 is 54.6 Å². The summed E-state index contributed by atoms with van der Waals surface area (Å²) in [6.07, 6.45) is 13.3. The van der Waals surface area contributed by atoms with Crippen molar-refractivity contribution in [3.8, 4) is 23.0 Å². The van der Waals surface area contributed by atoms with Crippen molar-refractivity contribution in [2.75, 3.05) is 19.0 Å². The molecule has 3 aliphatic rings. The van der Waals surface area contributed by atoms with Gasteiger partial charge in [-0.05, 0) is 32.8 Å². The number of carbonyl (C=O) groups is 3. The molecular formula is C48H68N2O13. The second kappa shape index (κ2) is 22.5. The first-order valence-corrected chi connectivity index (χ1v) is 22.1. The third kappa shape index (κ3) is 11.5. The molecule has 2 aromatic rings. The Labute approximate surface area is 370 Å². The summed E-state index contributed by atoms with van der Waals surface area (Å²) in [6.45, 7) is 14.9. The Bertz CT molecular complexity index is 2080. The molecule has 3 aliphatic heterocycles. The molecule has 0 saturated heterocycles. The lowest BCUT2D eigenvalue weighted by atomic mass is 9.78. The lowest BCUT2D eigenvalue weighted by molar-refractivity contribution is -0.160. The molecule has 0 saturated carbocycles. The number of nitrogens with zero attached hydrogens (tertiary/aromatic N) is 1. The predicted molar refractivity (Wildman–Crippen MR) is 240 cm³/mol. The number of fused-ring (bicyclic) bond motifs is 14. The zero-order valence-electron chi connectivity index (χ0n) is 38.4. The summed E-state index contributed by atoms with van der Waals surface area (Å²) >= 11 is 0. The Morgan fingerprint density at radius 3 is 2.17 bits per heavy atom. The molecule has 63 heavy (non-hydrogen) atoms. The second-order valence-electron chi connectivity index (χ2n) is 17.2. The molecule has 5 bridgehead atoms. The van der Waals surface area contributed by atoms with Gasteiger partial charge in [0.25, 0.3) is 11.7 Å². The summed E-state index contributed by atoms with van der Waals surface area (Å²) in [4.78, 5) is 46.1. The molecule has 6 N–H and O–H groups in total. The van der Waals surface area contributed by atoms with E-state index >= 15 is 0 Å². The van der Waals surface area contributed by atoms with Gasteiger partial charge in [0, 0.05) is 61.2 Å². The number of ketones is 1. The van der Waals surface area contributed by atoms with Gasteiger partial charge in [-0.2, -0.15) is 0 Å². The highest BCUT2D eigenvalue weighted by molar-refractivity contribution is 6.23. The molecule has 1 amide bonds. The fourth-order valence-corrected chi connectivity index (χ4v) is 8.32. The number of oxime groups is 1. The number of carbonyl (C=O) groups excluding carboxylic acids is 3. The van der Waals surface area contributed by atoms with E-state index in [0.29, 0.717) is 0 Å². The number of methoxy groups -OCH3 is 1. The zero-order chi connectivity index (χ0) is 46.8. The molecule has 0 unspecified atom stereocenters. The second-order valence-corrected chi connectivity index (χ2v) is 17.2. The highest BCUT2D eigenvalue weighted by atomic mass is 16.7. The van der Waals surface area contributed by atoms with Crippen molar-refractivity contribution in [1.29, 1.82) is 0 Å². The monoisotopic (exact) mass is 880 g/mol. The number of phenols is 3. The number of unbranched alkanes of at least 4 members (excludes halogenated alkanes) is 7. The quantitative estimate of drug-likeness (QED) is 0.0279. The van der Waals surface area contributed by atoms with Crippen molar-refractivity contribution >= 4 is 40.3 Å². The number of benzene rings is 2. The van der Waals surface area contributed by atoms with Gasteiger partial charge in [-0.25, -0.2) is 0 Å². The molecule has 5 rings (SSSR count). The average Bonchev–Trinajstić information content (AvgIpc) is 3.51. The Kier molecular flexibility index (Phi) is 18.0. The summed E-state index contributed by atoms with van der Waals surface area (Å²) in [6, 6.07) is 0. The van der Waals surface area contributed by atoms with Crippen LogP contribution in [0.15, 0.2) is 41.3 Å². The molecule has 348 valence electrons. The number of aromatic hydroxyl groups is 3. The van der Waals surface area contributed by atoms with Crippen LogP contribution in [0.3, 0.4) is 0 Å². The van der Waals surface area contributed by atoms with Gasteiger partial charge in [0.05, 0.1) is 53.0 Å². The summed E-state index contributed by atoms with van der Waals surface area (Å²) in [5.74, 6) is -8.54. The van der Waals surface area contributed by atoms with E-state index in [-0.39, 0.29) is 51.1 Å². The van der Waals surface area contributed by atoms with Crippen LogP contribution in [0.5, 0.6) is 23.0 Å². The first-order valence-electron chi connectivity index (χ1n) is 22.1. The standard InChI is InChI=1S/C48H68N2O13/c1-11-12-13-14-15-16-17-18-23-61-49-25-33-38-43(56)36-35(42(33)55)37-45(31(7)41(36)54)63-48(9,46(37)57)60-24-22-34(59-10)28(4)44(62-32(8)51)30(6)40(53)29(5)39(52)26(2)20-19-21-27(3)47(58)50-38/h19-22,24-26,28-30,34,39-40,44,52-56H,11-18,23H2,1-10H3,(H,50,58)/t26-,28+,29-,30-,34+,39-,40-,44+,48+/m1/s1. The van der Waals surface area contributed by atoms with Crippen LogP contribution in [-0.4, -0.2) is 93.3 Å². The van der Waals surface area contributed by atoms with Crippen molar-refractivity contribution in [1.82, 2.24) is 0 Å². The Morgan fingerprint density at radius 2 is 1.54 bits per heavy atom. The van der Waals surface area contributed by atoms with E-state index in [4.69, 9.17) is 23.8 Å². The number of Topliss-reactive ketones (excluding diaryl/α,β-unsaturated/α-hetero) is 1. The fraction of sp³-hybridized carbons (Fsp3) is 0.583. The maximum Gasteiger partial charge on any atom is 0.312 e. The highest BCUT2D eigenvalue weighted by Gasteiger charge is 2.50. The van der Waals surface area contributed by atoms with Crippen molar-refractivity contribution < 1.29 is 63.7 Å². The minimum absolute atomic E-state index is 0.0432. The smallest absolute Gasteiger partial charge is 0.312 e. The van der Waals surface area contributed by atoms with Crippen LogP contribution in [0.4, 0.5) is 5.69 Å². The van der Waals surface area contributed by atoms with Gasteiger partial charge in [0.1, 0.15) is 30.0 Å².